The molecule has 0 saturated carbocycles. The standard InChI is InChI=1S/C22H44O5Si/c1-5-9-12-18-25-28(26-19-13-10-6-2,27-20-14-11-7-3)21-15-17-24-22(23)16-8-4/h8,16H,5-7,9-15,17-21H2,1-4H3. The first kappa shape index (κ1) is 27.3. The van der Waals surface area contributed by atoms with Crippen LogP contribution in [-0.4, -0.2) is 41.2 Å². The number of carbonyl (C=O) groups is 1. The second-order valence-electron chi connectivity index (χ2n) is 7.12. The molecule has 0 aromatic carbocycles. The average molecular weight is 417 g/mol. The van der Waals surface area contributed by atoms with Crippen LogP contribution in [0.5, 0.6) is 0 Å². The van der Waals surface area contributed by atoms with Gasteiger partial charge in [-0.1, -0.05) is 65.4 Å². The zero-order valence-corrected chi connectivity index (χ0v) is 19.8. The summed E-state index contributed by atoms with van der Waals surface area (Å²) in [7, 11) is -2.75. The van der Waals surface area contributed by atoms with Gasteiger partial charge in [-0.2, -0.15) is 0 Å². The largest absolute Gasteiger partial charge is 0.501 e. The first-order valence-corrected chi connectivity index (χ1v) is 13.3. The van der Waals surface area contributed by atoms with Crippen molar-refractivity contribution in [1.29, 1.82) is 0 Å². The van der Waals surface area contributed by atoms with Crippen molar-refractivity contribution in [2.45, 2.75) is 97.9 Å². The highest BCUT2D eigenvalue weighted by atomic mass is 28.4. The van der Waals surface area contributed by atoms with Gasteiger partial charge in [0.1, 0.15) is 0 Å². The van der Waals surface area contributed by atoms with Crippen LogP contribution in [0.2, 0.25) is 6.04 Å². The molecule has 0 aliphatic carbocycles. The summed E-state index contributed by atoms with van der Waals surface area (Å²) in [5.41, 5.74) is 0. The number of hydrogen-bond donors (Lipinski definition) is 0. The van der Waals surface area contributed by atoms with Gasteiger partial charge in [0.25, 0.3) is 0 Å². The van der Waals surface area contributed by atoms with E-state index in [1.165, 1.54) is 6.08 Å². The van der Waals surface area contributed by atoms with E-state index in [0.717, 1.165) is 57.8 Å². The molecule has 0 heterocycles. The number of hydrogen-bond acceptors (Lipinski definition) is 5. The van der Waals surface area contributed by atoms with Crippen molar-refractivity contribution in [3.05, 3.63) is 12.2 Å². The van der Waals surface area contributed by atoms with Gasteiger partial charge in [-0.15, -0.1) is 0 Å². The molecule has 0 unspecified atom stereocenters. The predicted molar refractivity (Wildman–Crippen MR) is 117 cm³/mol. The lowest BCUT2D eigenvalue weighted by atomic mass is 10.3. The fraction of sp³-hybridized carbons (Fsp3) is 0.864. The van der Waals surface area contributed by atoms with Gasteiger partial charge in [-0.05, 0) is 32.6 Å². The molecule has 28 heavy (non-hydrogen) atoms. The van der Waals surface area contributed by atoms with Gasteiger partial charge in [-0.25, -0.2) is 4.79 Å². The molecule has 5 nitrogen and oxygen atoms in total. The van der Waals surface area contributed by atoms with E-state index in [-0.39, 0.29) is 5.97 Å². The third kappa shape index (κ3) is 15.3. The van der Waals surface area contributed by atoms with Crippen LogP contribution >= 0.6 is 0 Å². The van der Waals surface area contributed by atoms with Crippen LogP contribution in [0.15, 0.2) is 12.2 Å². The second kappa shape index (κ2) is 19.6. The van der Waals surface area contributed by atoms with E-state index in [9.17, 15) is 4.79 Å². The van der Waals surface area contributed by atoms with Crippen LogP contribution in [0.25, 0.3) is 0 Å². The first-order chi connectivity index (χ1) is 13.6. The Balaban J connectivity index is 4.77. The van der Waals surface area contributed by atoms with Gasteiger partial charge >= 0.3 is 14.8 Å². The van der Waals surface area contributed by atoms with E-state index < -0.39 is 8.80 Å². The summed E-state index contributed by atoms with van der Waals surface area (Å²) in [6, 6.07) is 0.695. The van der Waals surface area contributed by atoms with Crippen LogP contribution in [0.1, 0.15) is 91.9 Å². The predicted octanol–water partition coefficient (Wildman–Crippen LogP) is 6.06. The Kier molecular flexibility index (Phi) is 19.1. The van der Waals surface area contributed by atoms with E-state index >= 15 is 0 Å². The lowest BCUT2D eigenvalue weighted by Crippen LogP contribution is -2.47. The maximum Gasteiger partial charge on any atom is 0.501 e. The topological polar surface area (TPSA) is 54.0 Å². The van der Waals surface area contributed by atoms with Crippen molar-refractivity contribution >= 4 is 14.8 Å². The number of carbonyl (C=O) groups excluding carboxylic acids is 1. The number of esters is 1. The molecule has 0 rings (SSSR count). The Morgan fingerprint density at radius 2 is 1.18 bits per heavy atom. The SMILES string of the molecule is CC=CC(=O)OCCC[Si](OCCCCC)(OCCCCC)OCCCCC. The highest BCUT2D eigenvalue weighted by molar-refractivity contribution is 6.60. The van der Waals surface area contributed by atoms with Crippen molar-refractivity contribution in [3.8, 4) is 0 Å². The summed E-state index contributed by atoms with van der Waals surface area (Å²) >= 11 is 0. The summed E-state index contributed by atoms with van der Waals surface area (Å²) < 4.78 is 24.1. The van der Waals surface area contributed by atoms with Crippen molar-refractivity contribution in [3.63, 3.8) is 0 Å². The normalized spacial score (nSPS) is 12.0. The van der Waals surface area contributed by atoms with Crippen molar-refractivity contribution in [2.24, 2.45) is 0 Å². The van der Waals surface area contributed by atoms with Gasteiger partial charge in [0.05, 0.1) is 6.61 Å². The summed E-state index contributed by atoms with van der Waals surface area (Å²) in [6.07, 6.45) is 13.8. The fourth-order valence-electron chi connectivity index (χ4n) is 2.73. The number of ether oxygens (including phenoxy) is 1. The lowest BCUT2D eigenvalue weighted by Gasteiger charge is -2.30. The molecular formula is C22H44O5Si. The molecule has 0 amide bonds. The third-order valence-electron chi connectivity index (χ3n) is 4.38. The van der Waals surface area contributed by atoms with Crippen LogP contribution in [-0.2, 0) is 22.8 Å². The highest BCUT2D eigenvalue weighted by Crippen LogP contribution is 2.21. The third-order valence-corrected chi connectivity index (χ3v) is 7.28. The molecule has 0 saturated heterocycles. The molecule has 0 bridgehead atoms. The van der Waals surface area contributed by atoms with E-state index in [4.69, 9.17) is 18.0 Å². The maximum atomic E-state index is 11.5. The molecule has 0 radical (unpaired) electrons. The Morgan fingerprint density at radius 3 is 1.57 bits per heavy atom. The lowest BCUT2D eigenvalue weighted by molar-refractivity contribution is -0.137. The summed E-state index contributed by atoms with van der Waals surface area (Å²) in [6.45, 7) is 10.8. The van der Waals surface area contributed by atoms with Gasteiger partial charge in [0.2, 0.25) is 0 Å². The van der Waals surface area contributed by atoms with E-state index in [1.54, 1.807) is 13.0 Å². The zero-order valence-electron chi connectivity index (χ0n) is 18.8. The molecule has 0 aromatic rings. The minimum Gasteiger partial charge on any atom is -0.463 e. The summed E-state index contributed by atoms with van der Waals surface area (Å²) in [5, 5.41) is 0. The van der Waals surface area contributed by atoms with Gasteiger partial charge < -0.3 is 18.0 Å². The number of allylic oxidation sites excluding steroid dienone is 1. The molecule has 0 N–H and O–H groups in total. The zero-order chi connectivity index (χ0) is 20.9. The Morgan fingerprint density at radius 1 is 0.714 bits per heavy atom. The molecule has 0 aliphatic heterocycles. The summed E-state index contributed by atoms with van der Waals surface area (Å²) in [5.74, 6) is -0.300. The monoisotopic (exact) mass is 416 g/mol. The van der Waals surface area contributed by atoms with E-state index in [1.807, 2.05) is 0 Å². The van der Waals surface area contributed by atoms with E-state index in [0.29, 0.717) is 38.9 Å². The van der Waals surface area contributed by atoms with Gasteiger partial charge in [0, 0.05) is 31.9 Å². The number of unbranched alkanes of at least 4 members (excludes halogenated alkanes) is 6. The van der Waals surface area contributed by atoms with Crippen LogP contribution < -0.4 is 0 Å². The molecule has 6 heteroatoms. The summed E-state index contributed by atoms with van der Waals surface area (Å²) in [4.78, 5) is 11.5. The fourth-order valence-corrected chi connectivity index (χ4v) is 5.35. The van der Waals surface area contributed by atoms with Crippen molar-refractivity contribution < 1.29 is 22.8 Å². The van der Waals surface area contributed by atoms with Gasteiger partial charge in [0.15, 0.2) is 0 Å². The minimum atomic E-state index is -2.75. The molecule has 0 aliphatic rings. The van der Waals surface area contributed by atoms with Crippen LogP contribution in [0, 0.1) is 0 Å². The van der Waals surface area contributed by atoms with Gasteiger partial charge in [-0.3, -0.25) is 0 Å². The quantitative estimate of drug-likeness (QED) is 0.105. The smallest absolute Gasteiger partial charge is 0.463 e. The molecular weight excluding hydrogens is 372 g/mol. The highest BCUT2D eigenvalue weighted by Gasteiger charge is 2.40. The molecule has 0 atom stereocenters. The van der Waals surface area contributed by atoms with Crippen molar-refractivity contribution in [2.75, 3.05) is 26.4 Å². The second-order valence-corrected chi connectivity index (χ2v) is 9.85. The molecule has 0 aromatic heterocycles. The van der Waals surface area contributed by atoms with E-state index in [2.05, 4.69) is 20.8 Å². The Labute approximate surface area is 174 Å². The van der Waals surface area contributed by atoms with Crippen LogP contribution in [0.3, 0.4) is 0 Å². The average Bonchev–Trinajstić information content (AvgIpc) is 2.69. The van der Waals surface area contributed by atoms with Crippen molar-refractivity contribution in [1.82, 2.24) is 0 Å². The minimum absolute atomic E-state index is 0.300. The molecule has 0 spiro atoms. The molecule has 0 fully saturated rings. The first-order valence-electron chi connectivity index (χ1n) is 11.3. The van der Waals surface area contributed by atoms with Crippen LogP contribution in [0.4, 0.5) is 0 Å². The number of rotatable bonds is 20. The molecule has 166 valence electrons. The maximum absolute atomic E-state index is 11.5. The Bertz CT molecular complexity index is 356. The Hall–Kier alpha value is -0.693.